The van der Waals surface area contributed by atoms with Crippen molar-refractivity contribution in [1.29, 1.82) is 0 Å². The molecule has 0 saturated carbocycles. The Morgan fingerprint density at radius 2 is 1.82 bits per heavy atom. The van der Waals surface area contributed by atoms with E-state index in [-0.39, 0.29) is 5.63 Å². The third-order valence-corrected chi connectivity index (χ3v) is 4.97. The zero-order chi connectivity index (χ0) is 19.1. The van der Waals surface area contributed by atoms with Gasteiger partial charge in [-0.2, -0.15) is 0 Å². The Kier molecular flexibility index (Phi) is 4.06. The van der Waals surface area contributed by atoms with Crippen LogP contribution in [0.5, 0.6) is 0 Å². The van der Waals surface area contributed by atoms with Crippen LogP contribution in [-0.4, -0.2) is 6.61 Å². The number of ether oxygens (including phenoxy) is 1. The third kappa shape index (κ3) is 2.82. The van der Waals surface area contributed by atoms with Crippen LogP contribution >= 0.6 is 0 Å². The van der Waals surface area contributed by atoms with Gasteiger partial charge in [-0.15, -0.1) is 0 Å². The fraction of sp³-hybridized carbons (Fsp3) is 0.227. The molecule has 0 aliphatic rings. The van der Waals surface area contributed by atoms with E-state index in [0.717, 1.165) is 39.9 Å². The summed E-state index contributed by atoms with van der Waals surface area (Å²) in [6, 6.07) is 13.1. The fourth-order valence-corrected chi connectivity index (χ4v) is 3.49. The molecule has 3 heterocycles. The van der Waals surface area contributed by atoms with Gasteiger partial charge < -0.3 is 13.6 Å². The van der Waals surface area contributed by atoms with Crippen LogP contribution < -0.4 is 5.63 Å². The van der Waals surface area contributed by atoms with E-state index in [1.807, 2.05) is 43.3 Å². The largest absolute Gasteiger partial charge is 0.460 e. The van der Waals surface area contributed by atoms with Gasteiger partial charge in [-0.1, -0.05) is 18.2 Å². The second-order valence-corrected chi connectivity index (χ2v) is 6.84. The van der Waals surface area contributed by atoms with Gasteiger partial charge in [0.15, 0.2) is 5.58 Å². The van der Waals surface area contributed by atoms with Gasteiger partial charge in [0.1, 0.15) is 16.7 Å². The van der Waals surface area contributed by atoms with Crippen molar-refractivity contribution < 1.29 is 22.7 Å². The quantitative estimate of drug-likeness (QED) is 0.226. The average molecular weight is 378 g/mol. The van der Waals surface area contributed by atoms with Crippen molar-refractivity contribution in [3.63, 3.8) is 0 Å². The van der Waals surface area contributed by atoms with Crippen molar-refractivity contribution in [3.8, 4) is 0 Å². The highest BCUT2D eigenvalue weighted by Gasteiger charge is 2.17. The second-order valence-electron chi connectivity index (χ2n) is 6.84. The molecule has 0 unspecified atom stereocenters. The van der Waals surface area contributed by atoms with Gasteiger partial charge in [-0.05, 0) is 43.2 Å². The van der Waals surface area contributed by atoms with Crippen molar-refractivity contribution >= 4 is 33.1 Å². The summed E-state index contributed by atoms with van der Waals surface area (Å²) in [5.74, 6) is 0.800. The number of fused-ring (bicyclic) bond motifs is 4. The van der Waals surface area contributed by atoms with Crippen molar-refractivity contribution in [2.45, 2.75) is 26.4 Å². The van der Waals surface area contributed by atoms with E-state index in [4.69, 9.17) is 22.7 Å². The third-order valence-electron chi connectivity index (χ3n) is 4.97. The Labute approximate surface area is 159 Å². The van der Waals surface area contributed by atoms with Gasteiger partial charge in [0.25, 0.3) is 0 Å². The van der Waals surface area contributed by atoms with Crippen molar-refractivity contribution in [3.05, 3.63) is 69.8 Å². The van der Waals surface area contributed by atoms with Gasteiger partial charge in [0.05, 0.1) is 12.0 Å². The van der Waals surface area contributed by atoms with Crippen LogP contribution in [0.1, 0.15) is 23.3 Å². The fourth-order valence-electron chi connectivity index (χ4n) is 3.49. The van der Waals surface area contributed by atoms with Gasteiger partial charge in [0, 0.05) is 18.6 Å². The molecule has 5 aromatic rings. The Hall–Kier alpha value is -3.25. The number of aryl methyl sites for hydroxylation is 2. The van der Waals surface area contributed by atoms with E-state index in [1.165, 1.54) is 0 Å². The van der Waals surface area contributed by atoms with Crippen LogP contribution in [0.3, 0.4) is 0 Å². The zero-order valence-electron chi connectivity index (χ0n) is 15.3. The molecule has 6 heteroatoms. The molecule has 0 saturated heterocycles. The summed E-state index contributed by atoms with van der Waals surface area (Å²) in [7, 11) is 0. The summed E-state index contributed by atoms with van der Waals surface area (Å²) < 4.78 is 26.9. The average Bonchev–Trinajstić information content (AvgIpc) is 3.01. The van der Waals surface area contributed by atoms with Crippen LogP contribution in [0, 0.1) is 6.92 Å². The minimum Gasteiger partial charge on any atom is -0.460 e. The number of rotatable bonds is 6. The number of benzene rings is 2. The summed E-state index contributed by atoms with van der Waals surface area (Å²) in [6.07, 6.45) is 1.48. The van der Waals surface area contributed by atoms with Crippen molar-refractivity contribution in [2.24, 2.45) is 0 Å². The van der Waals surface area contributed by atoms with E-state index in [0.29, 0.717) is 36.2 Å². The normalized spacial score (nSPS) is 11.9. The Bertz CT molecular complexity index is 1330. The monoisotopic (exact) mass is 378 g/mol. The summed E-state index contributed by atoms with van der Waals surface area (Å²) in [5, 5.41) is 1.34. The molecule has 0 N–H and O–H groups in total. The Morgan fingerprint density at radius 1 is 0.964 bits per heavy atom. The van der Waals surface area contributed by atoms with Crippen LogP contribution in [0.2, 0.25) is 0 Å². The molecule has 3 aromatic heterocycles. The zero-order valence-corrected chi connectivity index (χ0v) is 15.3. The predicted molar refractivity (Wildman–Crippen MR) is 103 cm³/mol. The first kappa shape index (κ1) is 16.9. The highest BCUT2D eigenvalue weighted by Crippen LogP contribution is 2.29. The minimum absolute atomic E-state index is 0.357. The molecule has 0 aliphatic carbocycles. The van der Waals surface area contributed by atoms with Crippen LogP contribution in [0.25, 0.3) is 33.1 Å². The van der Waals surface area contributed by atoms with Gasteiger partial charge in [0.2, 0.25) is 11.2 Å². The first-order valence-electron chi connectivity index (χ1n) is 9.20. The summed E-state index contributed by atoms with van der Waals surface area (Å²) in [4.78, 5) is 12.3. The molecule has 0 amide bonds. The van der Waals surface area contributed by atoms with Crippen molar-refractivity contribution in [2.75, 3.05) is 6.61 Å². The number of para-hydroxylation sites is 1. The molecular weight excluding hydrogens is 360 g/mol. The van der Waals surface area contributed by atoms with Gasteiger partial charge >= 0.3 is 5.63 Å². The lowest BCUT2D eigenvalue weighted by Gasteiger charge is -2.05. The van der Waals surface area contributed by atoms with E-state index in [2.05, 4.69) is 0 Å². The molecule has 0 radical (unpaired) electrons. The number of hydrogen-bond donors (Lipinski definition) is 0. The molecule has 142 valence electrons. The minimum atomic E-state index is -0.357. The lowest BCUT2D eigenvalue weighted by Crippen LogP contribution is -2.00. The number of furan rings is 1. The maximum Gasteiger partial charge on any atom is 0.347 e. The summed E-state index contributed by atoms with van der Waals surface area (Å²) in [6.45, 7) is 2.99. The Balaban J connectivity index is 1.28. The predicted octanol–water partition coefficient (Wildman–Crippen LogP) is 5.34. The molecule has 5 rings (SSSR count). The van der Waals surface area contributed by atoms with E-state index >= 15 is 0 Å². The van der Waals surface area contributed by atoms with Crippen LogP contribution in [0.4, 0.5) is 0 Å². The van der Waals surface area contributed by atoms with Crippen LogP contribution in [-0.2, 0) is 17.8 Å². The molecular formula is C22H18O6. The standard InChI is InChI=1S/C22H18O6/c1-13-16(7-4-10-24-12-14-8-9-18-19(11-14)28-27-18)25-21-15-5-2-3-6-17(15)26-22(23)20(13)21/h2-3,5-6,8-9,11H,4,7,10,12H2,1H3. The lowest BCUT2D eigenvalue weighted by molar-refractivity contribution is 0.0583. The van der Waals surface area contributed by atoms with Gasteiger partial charge in [-0.3, -0.25) is 9.15 Å². The van der Waals surface area contributed by atoms with E-state index in [9.17, 15) is 4.79 Å². The van der Waals surface area contributed by atoms with Crippen molar-refractivity contribution in [1.82, 2.24) is 0 Å². The topological polar surface area (TPSA) is 78.9 Å². The maximum absolute atomic E-state index is 12.3. The molecule has 0 bridgehead atoms. The van der Waals surface area contributed by atoms with E-state index < -0.39 is 0 Å². The summed E-state index contributed by atoms with van der Waals surface area (Å²) >= 11 is 0. The first-order chi connectivity index (χ1) is 13.7. The maximum atomic E-state index is 12.3. The molecule has 28 heavy (non-hydrogen) atoms. The first-order valence-corrected chi connectivity index (χ1v) is 9.20. The second kappa shape index (κ2) is 6.73. The summed E-state index contributed by atoms with van der Waals surface area (Å²) in [5.41, 5.74) is 4.15. The molecule has 0 atom stereocenters. The molecule has 2 aromatic carbocycles. The van der Waals surface area contributed by atoms with Gasteiger partial charge in [-0.25, -0.2) is 4.79 Å². The molecule has 0 spiro atoms. The Morgan fingerprint density at radius 3 is 2.64 bits per heavy atom. The molecule has 6 nitrogen and oxygen atoms in total. The molecule has 0 aliphatic heterocycles. The highest BCUT2D eigenvalue weighted by atomic mass is 17.0. The van der Waals surface area contributed by atoms with E-state index in [1.54, 1.807) is 6.07 Å². The molecule has 0 fully saturated rings. The van der Waals surface area contributed by atoms with Crippen LogP contribution in [0.15, 0.2) is 65.2 Å². The lowest BCUT2D eigenvalue weighted by atomic mass is 10.1. The number of hydrogen-bond acceptors (Lipinski definition) is 6. The smallest absolute Gasteiger partial charge is 0.347 e. The highest BCUT2D eigenvalue weighted by molar-refractivity contribution is 6.02. The SMILES string of the molecule is Cc1c(CCCOCc2ccc3ooc3c2)oc2c1c(=O)oc1ccccc12.